The van der Waals surface area contributed by atoms with Gasteiger partial charge in [-0.1, -0.05) is 57.9 Å². The smallest absolute Gasteiger partial charge is 0.338 e. The molecule has 1 N–H and O–H groups in total. The molecule has 2 heterocycles. The van der Waals surface area contributed by atoms with E-state index in [0.29, 0.717) is 53.7 Å². The van der Waals surface area contributed by atoms with E-state index in [9.17, 15) is 4.79 Å². The number of carbonyl (C=O) groups is 1. The summed E-state index contributed by atoms with van der Waals surface area (Å²) in [4.78, 5) is 18.0. The molecule has 2 aromatic rings. The van der Waals surface area contributed by atoms with Gasteiger partial charge in [0.1, 0.15) is 6.04 Å². The number of hydrogen-bond acceptors (Lipinski definition) is 8. The fraction of sp³-hybridized carbons (Fsp3) is 0.593. The number of benzene rings is 1. The van der Waals surface area contributed by atoms with Crippen molar-refractivity contribution in [2.75, 3.05) is 30.9 Å². The third kappa shape index (κ3) is 6.96. The molecule has 1 aliphatic rings. The van der Waals surface area contributed by atoms with Crippen LogP contribution in [0.15, 0.2) is 34.6 Å². The number of esters is 1. The van der Waals surface area contributed by atoms with Crippen molar-refractivity contribution in [3.05, 3.63) is 35.0 Å². The Morgan fingerprint density at radius 2 is 1.78 bits per heavy atom. The first-order valence-electron chi connectivity index (χ1n) is 13.2. The highest BCUT2D eigenvalue weighted by Gasteiger charge is 2.35. The van der Waals surface area contributed by atoms with Crippen LogP contribution in [0.2, 0.25) is 0 Å². The van der Waals surface area contributed by atoms with Crippen LogP contribution in [0.1, 0.15) is 84.7 Å². The normalized spacial score (nSPS) is 14.9. The molecule has 0 saturated heterocycles. The largest absolute Gasteiger partial charge is 0.490 e. The molecule has 0 spiro atoms. The van der Waals surface area contributed by atoms with Gasteiger partial charge in [-0.25, -0.2) is 9.48 Å². The standard InChI is InChI=1S/C27H40N4O4S/c1-6-10-15-34-21-14-13-20(18-22(21)33-9-4)24-23(25(32)35-16-11-7-2)19(5)28-26-29-27(30-31(24)26)36-17-12-8-3/h13-14,18,24H,6-12,15-17H2,1-5H3,(H,28,29,30). The maximum atomic E-state index is 13.3. The number of hydrogen-bond donors (Lipinski definition) is 1. The molecule has 36 heavy (non-hydrogen) atoms. The molecule has 0 fully saturated rings. The Hall–Kier alpha value is -2.68. The molecule has 198 valence electrons. The van der Waals surface area contributed by atoms with Crippen LogP contribution in [0.3, 0.4) is 0 Å². The number of rotatable bonds is 15. The molecule has 9 heteroatoms. The zero-order valence-corrected chi connectivity index (χ0v) is 23.1. The molecule has 0 aliphatic carbocycles. The molecular formula is C27H40N4O4S. The molecule has 3 rings (SSSR count). The van der Waals surface area contributed by atoms with Crippen molar-refractivity contribution >= 4 is 23.7 Å². The topological polar surface area (TPSA) is 87.5 Å². The highest BCUT2D eigenvalue weighted by Crippen LogP contribution is 2.40. The maximum absolute atomic E-state index is 13.3. The molecule has 0 amide bonds. The third-order valence-corrected chi connectivity index (χ3v) is 6.78. The zero-order valence-electron chi connectivity index (χ0n) is 22.3. The number of nitrogens with zero attached hydrogens (tertiary/aromatic N) is 3. The molecule has 0 radical (unpaired) electrons. The predicted octanol–water partition coefficient (Wildman–Crippen LogP) is 6.38. The monoisotopic (exact) mass is 516 g/mol. The van der Waals surface area contributed by atoms with Crippen molar-refractivity contribution in [2.24, 2.45) is 0 Å². The van der Waals surface area contributed by atoms with Gasteiger partial charge in [0.05, 0.1) is 25.4 Å². The fourth-order valence-corrected chi connectivity index (χ4v) is 4.78. The summed E-state index contributed by atoms with van der Waals surface area (Å²) >= 11 is 1.63. The highest BCUT2D eigenvalue weighted by atomic mass is 32.2. The Morgan fingerprint density at radius 1 is 1.03 bits per heavy atom. The Morgan fingerprint density at radius 3 is 2.50 bits per heavy atom. The van der Waals surface area contributed by atoms with Crippen LogP contribution in [0.25, 0.3) is 0 Å². The van der Waals surface area contributed by atoms with E-state index < -0.39 is 6.04 Å². The van der Waals surface area contributed by atoms with E-state index in [2.05, 4.69) is 26.1 Å². The van der Waals surface area contributed by atoms with Crippen LogP contribution in [-0.2, 0) is 9.53 Å². The van der Waals surface area contributed by atoms with Crippen LogP contribution in [0, 0.1) is 0 Å². The van der Waals surface area contributed by atoms with Crippen molar-refractivity contribution in [1.29, 1.82) is 0 Å². The first-order valence-corrected chi connectivity index (χ1v) is 14.2. The predicted molar refractivity (Wildman–Crippen MR) is 144 cm³/mol. The zero-order chi connectivity index (χ0) is 25.9. The van der Waals surface area contributed by atoms with Gasteiger partial charge in [-0.3, -0.25) is 0 Å². The van der Waals surface area contributed by atoms with Gasteiger partial charge in [-0.15, -0.1) is 5.10 Å². The summed E-state index contributed by atoms with van der Waals surface area (Å²) in [6.45, 7) is 11.7. The van der Waals surface area contributed by atoms with Crippen molar-refractivity contribution in [3.8, 4) is 11.5 Å². The molecule has 0 saturated carbocycles. The van der Waals surface area contributed by atoms with Gasteiger partial charge < -0.3 is 19.5 Å². The molecule has 8 nitrogen and oxygen atoms in total. The Balaban J connectivity index is 2.02. The van der Waals surface area contributed by atoms with Crippen molar-refractivity contribution in [1.82, 2.24) is 14.8 Å². The van der Waals surface area contributed by atoms with Gasteiger partial charge in [0, 0.05) is 11.4 Å². The Kier molecular flexibility index (Phi) is 11.0. The van der Waals surface area contributed by atoms with Crippen molar-refractivity contribution < 1.29 is 19.0 Å². The van der Waals surface area contributed by atoms with Crippen LogP contribution >= 0.6 is 11.8 Å². The lowest BCUT2D eigenvalue weighted by atomic mass is 9.95. The lowest BCUT2D eigenvalue weighted by Crippen LogP contribution is -2.30. The number of anilines is 1. The van der Waals surface area contributed by atoms with E-state index in [-0.39, 0.29) is 5.97 Å². The van der Waals surface area contributed by atoms with E-state index in [4.69, 9.17) is 24.3 Å². The van der Waals surface area contributed by atoms with Gasteiger partial charge in [-0.2, -0.15) is 4.98 Å². The summed E-state index contributed by atoms with van der Waals surface area (Å²) < 4.78 is 19.4. The second-order valence-corrected chi connectivity index (χ2v) is 9.82. The summed E-state index contributed by atoms with van der Waals surface area (Å²) in [6, 6.07) is 5.35. The summed E-state index contributed by atoms with van der Waals surface area (Å²) in [5.74, 6) is 2.57. The molecule has 1 aromatic carbocycles. The van der Waals surface area contributed by atoms with Crippen LogP contribution in [-0.4, -0.2) is 46.3 Å². The second kappa shape index (κ2) is 14.2. The number of aromatic nitrogens is 3. The van der Waals surface area contributed by atoms with E-state index >= 15 is 0 Å². The van der Waals surface area contributed by atoms with Crippen molar-refractivity contribution in [3.63, 3.8) is 0 Å². The average Bonchev–Trinajstić information content (AvgIpc) is 3.26. The Labute approximate surface area is 219 Å². The third-order valence-electron chi connectivity index (χ3n) is 5.85. The minimum absolute atomic E-state index is 0.346. The minimum atomic E-state index is -0.493. The lowest BCUT2D eigenvalue weighted by molar-refractivity contribution is -0.139. The van der Waals surface area contributed by atoms with Gasteiger partial charge in [0.15, 0.2) is 11.5 Å². The number of allylic oxidation sites excluding steroid dienone is 1. The van der Waals surface area contributed by atoms with E-state index in [1.807, 2.05) is 32.0 Å². The fourth-order valence-electron chi connectivity index (χ4n) is 3.87. The highest BCUT2D eigenvalue weighted by molar-refractivity contribution is 7.99. The van der Waals surface area contributed by atoms with Crippen LogP contribution in [0.4, 0.5) is 5.95 Å². The summed E-state index contributed by atoms with van der Waals surface area (Å²) in [5, 5.41) is 8.76. The molecule has 0 bridgehead atoms. The molecule has 1 unspecified atom stereocenters. The number of nitrogens with one attached hydrogen (secondary N) is 1. The summed E-state index contributed by atoms with van der Waals surface area (Å²) in [7, 11) is 0. The lowest BCUT2D eigenvalue weighted by Gasteiger charge is -2.28. The average molecular weight is 517 g/mol. The molecular weight excluding hydrogens is 476 g/mol. The minimum Gasteiger partial charge on any atom is -0.490 e. The van der Waals surface area contributed by atoms with E-state index in [0.717, 1.165) is 49.8 Å². The van der Waals surface area contributed by atoms with Gasteiger partial charge in [0.25, 0.3) is 0 Å². The summed E-state index contributed by atoms with van der Waals surface area (Å²) in [6.07, 6.45) is 6.01. The molecule has 1 aliphatic heterocycles. The number of ether oxygens (including phenoxy) is 3. The van der Waals surface area contributed by atoms with E-state index in [1.54, 1.807) is 16.4 Å². The number of thioether (sulfide) groups is 1. The van der Waals surface area contributed by atoms with Crippen molar-refractivity contribution in [2.45, 2.75) is 84.3 Å². The molecule has 1 aromatic heterocycles. The number of unbranched alkanes of at least 4 members (excludes halogenated alkanes) is 3. The molecule has 1 atom stereocenters. The van der Waals surface area contributed by atoms with E-state index in [1.165, 1.54) is 0 Å². The SMILES string of the molecule is CCCCOC(=O)C1=C(C)Nc2nc(SCCCC)nn2C1c1ccc(OCCCC)c(OCC)c1. The van der Waals surface area contributed by atoms with Crippen LogP contribution < -0.4 is 14.8 Å². The van der Waals surface area contributed by atoms with Gasteiger partial charge in [-0.05, 0) is 50.8 Å². The quantitative estimate of drug-likeness (QED) is 0.166. The number of fused-ring (bicyclic) bond motifs is 1. The van der Waals surface area contributed by atoms with Gasteiger partial charge in [0.2, 0.25) is 11.1 Å². The maximum Gasteiger partial charge on any atom is 0.338 e. The van der Waals surface area contributed by atoms with Gasteiger partial charge >= 0.3 is 5.97 Å². The first kappa shape index (κ1) is 27.9. The second-order valence-electron chi connectivity index (χ2n) is 8.76. The number of carbonyl (C=O) groups excluding carboxylic acids is 1. The Bertz CT molecular complexity index is 1040. The first-order chi connectivity index (χ1) is 17.5. The van der Waals surface area contributed by atoms with Crippen LogP contribution in [0.5, 0.6) is 11.5 Å². The summed E-state index contributed by atoms with van der Waals surface area (Å²) in [5.41, 5.74) is 2.10.